The molecule has 0 radical (unpaired) electrons. The molecule has 2 aliphatic heterocycles. The molecule has 2 amide bonds. The van der Waals surface area contributed by atoms with Crippen LogP contribution in [0.4, 0.5) is 4.79 Å². The van der Waals surface area contributed by atoms with Gasteiger partial charge in [0.25, 0.3) is 15.1 Å². The maximum absolute atomic E-state index is 13.3. The molecule has 0 saturated carbocycles. The van der Waals surface area contributed by atoms with Gasteiger partial charge in [0.2, 0.25) is 5.91 Å². The third-order valence-electron chi connectivity index (χ3n) is 5.97. The number of likely N-dealkylation sites (tertiary alicyclic amines) is 1. The van der Waals surface area contributed by atoms with Crippen molar-refractivity contribution in [3.63, 3.8) is 0 Å². The number of ether oxygens (including phenoxy) is 1. The highest BCUT2D eigenvalue weighted by atomic mass is 32.2. The minimum absolute atomic E-state index is 0.106. The van der Waals surface area contributed by atoms with Gasteiger partial charge in [0, 0.05) is 24.3 Å². The van der Waals surface area contributed by atoms with Crippen molar-refractivity contribution in [3.05, 3.63) is 46.9 Å². The SMILES string of the molecule is CCCC(NC(=O)Oc1ccsc1)C(=O)N1CCC2C1C(=O)CN2S(=O)(=O)C(=O)c1cccnc1. The normalized spacial score (nSPS) is 20.9. The lowest BCUT2D eigenvalue weighted by atomic mass is 10.1. The Bertz CT molecular complexity index is 1220. The molecule has 2 fully saturated rings. The van der Waals surface area contributed by atoms with Gasteiger partial charge in [-0.3, -0.25) is 19.4 Å². The number of nitrogens with zero attached hydrogens (tertiary/aromatic N) is 3. The van der Waals surface area contributed by atoms with Crippen molar-refractivity contribution < 1.29 is 32.3 Å². The number of nitrogens with one attached hydrogen (secondary N) is 1. The van der Waals surface area contributed by atoms with Crippen LogP contribution in [0.25, 0.3) is 0 Å². The maximum atomic E-state index is 13.3. The highest BCUT2D eigenvalue weighted by Crippen LogP contribution is 2.33. The van der Waals surface area contributed by atoms with E-state index in [2.05, 4.69) is 10.3 Å². The number of hydrogen-bond acceptors (Lipinski definition) is 9. The van der Waals surface area contributed by atoms with Crippen LogP contribution in [0.1, 0.15) is 36.5 Å². The number of Topliss-reactive ketones (excluding diaryl/α,β-unsaturated/α-hetero) is 1. The van der Waals surface area contributed by atoms with Gasteiger partial charge in [-0.2, -0.15) is 4.31 Å². The number of pyridine rings is 1. The summed E-state index contributed by atoms with van der Waals surface area (Å²) in [6.07, 6.45) is 2.84. The van der Waals surface area contributed by atoms with Crippen LogP contribution >= 0.6 is 11.3 Å². The number of fused-ring (bicyclic) bond motifs is 1. The first-order valence-electron chi connectivity index (χ1n) is 11.0. The molecule has 0 aromatic carbocycles. The molecular weight excluding hydrogens is 496 g/mol. The fourth-order valence-electron chi connectivity index (χ4n) is 4.41. The Morgan fingerprint density at radius 3 is 2.77 bits per heavy atom. The fourth-order valence-corrected chi connectivity index (χ4v) is 6.47. The molecule has 13 heteroatoms. The molecule has 4 heterocycles. The molecule has 4 rings (SSSR count). The van der Waals surface area contributed by atoms with Gasteiger partial charge in [0.05, 0.1) is 18.2 Å². The molecule has 1 N–H and O–H groups in total. The second-order valence-corrected chi connectivity index (χ2v) is 10.8. The number of rotatable bonds is 7. The number of aromatic nitrogens is 1. The van der Waals surface area contributed by atoms with Gasteiger partial charge < -0.3 is 15.0 Å². The number of sulfonamides is 1. The highest BCUT2D eigenvalue weighted by molar-refractivity contribution is 8.04. The molecule has 0 aliphatic carbocycles. The van der Waals surface area contributed by atoms with E-state index in [1.807, 2.05) is 6.92 Å². The van der Waals surface area contributed by atoms with E-state index < -0.39 is 57.6 Å². The van der Waals surface area contributed by atoms with Gasteiger partial charge >= 0.3 is 6.09 Å². The summed E-state index contributed by atoms with van der Waals surface area (Å²) in [6.45, 7) is 1.46. The lowest BCUT2D eigenvalue weighted by Gasteiger charge is -2.27. The third kappa shape index (κ3) is 4.97. The fraction of sp³-hybridized carbons (Fsp3) is 0.409. The van der Waals surface area contributed by atoms with Crippen LogP contribution in [-0.2, 0) is 19.6 Å². The molecule has 2 saturated heterocycles. The Labute approximate surface area is 206 Å². The summed E-state index contributed by atoms with van der Waals surface area (Å²) in [6, 6.07) is 1.58. The largest absolute Gasteiger partial charge is 0.413 e. The van der Waals surface area contributed by atoms with Crippen LogP contribution < -0.4 is 10.1 Å². The summed E-state index contributed by atoms with van der Waals surface area (Å²) in [5.74, 6) is -0.617. The third-order valence-corrected chi connectivity index (χ3v) is 8.36. The van der Waals surface area contributed by atoms with Gasteiger partial charge in [-0.05, 0) is 36.4 Å². The van der Waals surface area contributed by atoms with Crippen molar-refractivity contribution >= 4 is 44.3 Å². The molecule has 11 nitrogen and oxygen atoms in total. The van der Waals surface area contributed by atoms with Crippen molar-refractivity contribution in [1.82, 2.24) is 19.5 Å². The second kappa shape index (κ2) is 10.2. The van der Waals surface area contributed by atoms with Gasteiger partial charge in [-0.15, -0.1) is 11.3 Å². The first kappa shape index (κ1) is 24.9. The van der Waals surface area contributed by atoms with Gasteiger partial charge in [0.1, 0.15) is 17.8 Å². The van der Waals surface area contributed by atoms with Crippen LogP contribution in [-0.4, -0.2) is 76.7 Å². The average Bonchev–Trinajstić information content (AvgIpc) is 3.57. The lowest BCUT2D eigenvalue weighted by Crippen LogP contribution is -2.53. The summed E-state index contributed by atoms with van der Waals surface area (Å²) < 4.78 is 32.2. The lowest BCUT2D eigenvalue weighted by molar-refractivity contribution is -0.138. The van der Waals surface area contributed by atoms with Gasteiger partial charge in [-0.25, -0.2) is 13.2 Å². The summed E-state index contributed by atoms with van der Waals surface area (Å²) >= 11 is 1.35. The molecule has 35 heavy (non-hydrogen) atoms. The minimum atomic E-state index is -4.50. The van der Waals surface area contributed by atoms with Crippen LogP contribution in [0, 0.1) is 0 Å². The number of thiophene rings is 1. The Morgan fingerprint density at radius 1 is 1.31 bits per heavy atom. The zero-order chi connectivity index (χ0) is 25.2. The quantitative estimate of drug-likeness (QED) is 0.578. The van der Waals surface area contributed by atoms with E-state index in [4.69, 9.17) is 4.74 Å². The zero-order valence-electron chi connectivity index (χ0n) is 18.8. The highest BCUT2D eigenvalue weighted by Gasteiger charge is 2.55. The molecule has 2 aromatic rings. The number of ketones is 1. The van der Waals surface area contributed by atoms with Gasteiger partial charge in [-0.1, -0.05) is 13.3 Å². The summed E-state index contributed by atoms with van der Waals surface area (Å²) in [5.41, 5.74) is -0.106. The Kier molecular flexibility index (Phi) is 7.28. The van der Waals surface area contributed by atoms with E-state index in [9.17, 15) is 27.6 Å². The van der Waals surface area contributed by atoms with Crippen LogP contribution in [0.15, 0.2) is 41.4 Å². The average molecular weight is 521 g/mol. The molecule has 186 valence electrons. The van der Waals surface area contributed by atoms with Crippen LogP contribution in [0.5, 0.6) is 5.75 Å². The predicted molar refractivity (Wildman–Crippen MR) is 125 cm³/mol. The molecule has 2 aromatic heterocycles. The van der Waals surface area contributed by atoms with E-state index in [0.29, 0.717) is 18.6 Å². The Balaban J connectivity index is 1.49. The molecule has 0 bridgehead atoms. The predicted octanol–water partition coefficient (Wildman–Crippen LogP) is 1.42. The van der Waals surface area contributed by atoms with Crippen LogP contribution in [0.2, 0.25) is 0 Å². The second-order valence-electron chi connectivity index (χ2n) is 8.21. The van der Waals surface area contributed by atoms with Gasteiger partial charge in [0.15, 0.2) is 5.78 Å². The summed E-state index contributed by atoms with van der Waals surface area (Å²) in [4.78, 5) is 56.3. The van der Waals surface area contributed by atoms with Crippen molar-refractivity contribution in [2.75, 3.05) is 13.1 Å². The van der Waals surface area contributed by atoms with E-state index in [-0.39, 0.29) is 18.5 Å². The molecule has 3 unspecified atom stereocenters. The van der Waals surface area contributed by atoms with Crippen molar-refractivity contribution in [2.24, 2.45) is 0 Å². The Hall–Kier alpha value is -3.16. The molecule has 2 aliphatic rings. The number of carbonyl (C=O) groups excluding carboxylic acids is 4. The van der Waals surface area contributed by atoms with E-state index in [0.717, 1.165) is 10.5 Å². The molecular formula is C22H24N4O7S2. The molecule has 3 atom stereocenters. The van der Waals surface area contributed by atoms with E-state index in [1.165, 1.54) is 34.6 Å². The minimum Gasteiger partial charge on any atom is -0.409 e. The first-order chi connectivity index (χ1) is 16.7. The van der Waals surface area contributed by atoms with Crippen LogP contribution in [0.3, 0.4) is 0 Å². The smallest absolute Gasteiger partial charge is 0.409 e. The monoisotopic (exact) mass is 520 g/mol. The van der Waals surface area contributed by atoms with Crippen molar-refractivity contribution in [2.45, 2.75) is 44.3 Å². The number of amides is 2. The number of carbonyl (C=O) groups is 4. The standard InChI is InChI=1S/C22H24N4O7S2/c1-2-4-16(24-22(30)33-15-7-10-34-13-15)20(28)25-9-6-17-19(25)18(27)12-26(17)35(31,32)21(29)14-5-3-8-23-11-14/h3,5,7-8,10-11,13,16-17,19H,2,4,6,9,12H2,1H3,(H,24,30). The maximum Gasteiger partial charge on any atom is 0.413 e. The van der Waals surface area contributed by atoms with E-state index in [1.54, 1.807) is 16.8 Å². The first-order valence-corrected chi connectivity index (χ1v) is 13.4. The van der Waals surface area contributed by atoms with E-state index >= 15 is 0 Å². The summed E-state index contributed by atoms with van der Waals surface area (Å²) in [7, 11) is -4.50. The van der Waals surface area contributed by atoms with Crippen molar-refractivity contribution in [1.29, 1.82) is 0 Å². The number of hydrogen-bond donors (Lipinski definition) is 1. The topological polar surface area (TPSA) is 143 Å². The van der Waals surface area contributed by atoms with Crippen molar-refractivity contribution in [3.8, 4) is 5.75 Å². The Morgan fingerprint density at radius 2 is 2.11 bits per heavy atom. The summed E-state index contributed by atoms with van der Waals surface area (Å²) in [5, 5.41) is 4.79. The molecule has 0 spiro atoms. The zero-order valence-corrected chi connectivity index (χ0v) is 20.5.